The van der Waals surface area contributed by atoms with E-state index in [1.165, 1.54) is 0 Å². The summed E-state index contributed by atoms with van der Waals surface area (Å²) in [7, 11) is 0. The first-order valence-corrected chi connectivity index (χ1v) is 7.11. The van der Waals surface area contributed by atoms with Crippen molar-refractivity contribution in [3.8, 4) is 0 Å². The number of aromatic nitrogens is 2. The van der Waals surface area contributed by atoms with Crippen molar-refractivity contribution in [2.24, 2.45) is 0 Å². The van der Waals surface area contributed by atoms with Gasteiger partial charge in [-0.2, -0.15) is 0 Å². The Kier molecular flexibility index (Phi) is 4.87. The Labute approximate surface area is 124 Å². The van der Waals surface area contributed by atoms with Crippen LogP contribution in [0.4, 0.5) is 11.5 Å². The molecule has 0 atom stereocenters. The summed E-state index contributed by atoms with van der Waals surface area (Å²) in [6, 6.07) is 7.23. The van der Waals surface area contributed by atoms with Crippen molar-refractivity contribution < 1.29 is 4.79 Å². The van der Waals surface area contributed by atoms with Gasteiger partial charge in [0, 0.05) is 24.0 Å². The number of aryl methyl sites for hydroxylation is 2. The molecule has 0 fully saturated rings. The Balaban J connectivity index is 2.26. The smallest absolute Gasteiger partial charge is 0.255 e. The number of hydrogen-bond acceptors (Lipinski definition) is 4. The maximum Gasteiger partial charge on any atom is 0.255 e. The lowest BCUT2D eigenvalue weighted by molar-refractivity contribution is 0.102. The van der Waals surface area contributed by atoms with Crippen molar-refractivity contribution >= 4 is 17.4 Å². The van der Waals surface area contributed by atoms with E-state index in [9.17, 15) is 4.79 Å². The van der Waals surface area contributed by atoms with Crippen LogP contribution in [0.25, 0.3) is 0 Å². The highest BCUT2D eigenvalue weighted by atomic mass is 16.1. The molecule has 2 N–H and O–H groups in total. The number of rotatable bonds is 5. The van der Waals surface area contributed by atoms with E-state index in [0.717, 1.165) is 35.9 Å². The molecular weight excluding hydrogens is 264 g/mol. The zero-order valence-electron chi connectivity index (χ0n) is 12.6. The van der Waals surface area contributed by atoms with E-state index in [1.807, 2.05) is 32.9 Å². The monoisotopic (exact) mass is 284 g/mol. The molecule has 0 radical (unpaired) electrons. The van der Waals surface area contributed by atoms with Gasteiger partial charge in [-0.1, -0.05) is 6.92 Å². The number of carbonyl (C=O) groups is 1. The molecule has 0 bridgehead atoms. The van der Waals surface area contributed by atoms with Crippen molar-refractivity contribution in [3.05, 3.63) is 47.4 Å². The van der Waals surface area contributed by atoms with E-state index in [0.29, 0.717) is 5.56 Å². The van der Waals surface area contributed by atoms with Gasteiger partial charge in [0.1, 0.15) is 5.82 Å². The van der Waals surface area contributed by atoms with Gasteiger partial charge >= 0.3 is 0 Å². The van der Waals surface area contributed by atoms with Gasteiger partial charge in [-0.25, -0.2) is 4.98 Å². The lowest BCUT2D eigenvalue weighted by Gasteiger charge is -2.10. The molecule has 2 rings (SSSR count). The van der Waals surface area contributed by atoms with Crippen molar-refractivity contribution in [2.75, 3.05) is 17.2 Å². The molecule has 21 heavy (non-hydrogen) atoms. The number of amides is 1. The second kappa shape index (κ2) is 6.83. The first kappa shape index (κ1) is 15.0. The van der Waals surface area contributed by atoms with E-state index in [2.05, 4.69) is 20.6 Å². The summed E-state index contributed by atoms with van der Waals surface area (Å²) in [6.07, 6.45) is 2.49. The maximum atomic E-state index is 12.4. The number of anilines is 2. The molecule has 0 saturated carbocycles. The standard InChI is InChI=1S/C16H20N4O/c1-4-13-9-12(10-15(19-13)17-5-2)16(21)20-14-7-6-8-18-11(14)3/h6-10H,4-5H2,1-3H3,(H,17,19)(H,20,21). The van der Waals surface area contributed by atoms with Crippen molar-refractivity contribution in [1.29, 1.82) is 0 Å². The van der Waals surface area contributed by atoms with Gasteiger partial charge in [-0.3, -0.25) is 9.78 Å². The minimum absolute atomic E-state index is 0.151. The lowest BCUT2D eigenvalue weighted by atomic mass is 10.1. The summed E-state index contributed by atoms with van der Waals surface area (Å²) in [6.45, 7) is 6.65. The van der Waals surface area contributed by atoms with Crippen molar-refractivity contribution in [2.45, 2.75) is 27.2 Å². The fraction of sp³-hybridized carbons (Fsp3) is 0.312. The molecule has 110 valence electrons. The van der Waals surface area contributed by atoms with Gasteiger partial charge in [0.15, 0.2) is 0 Å². The molecule has 0 spiro atoms. The first-order valence-electron chi connectivity index (χ1n) is 7.11. The average molecular weight is 284 g/mol. The SMILES string of the molecule is CCNc1cc(C(=O)Nc2cccnc2C)cc(CC)n1. The molecule has 5 heteroatoms. The predicted molar refractivity (Wildman–Crippen MR) is 84.7 cm³/mol. The molecule has 0 unspecified atom stereocenters. The number of nitrogens with zero attached hydrogens (tertiary/aromatic N) is 2. The van der Waals surface area contributed by atoms with E-state index in [4.69, 9.17) is 0 Å². The number of hydrogen-bond donors (Lipinski definition) is 2. The zero-order valence-corrected chi connectivity index (χ0v) is 12.6. The molecule has 0 aliphatic rings. The Bertz CT molecular complexity index is 640. The van der Waals surface area contributed by atoms with Crippen LogP contribution < -0.4 is 10.6 Å². The van der Waals surface area contributed by atoms with Crippen LogP contribution in [0.5, 0.6) is 0 Å². The van der Waals surface area contributed by atoms with Gasteiger partial charge < -0.3 is 10.6 Å². The summed E-state index contributed by atoms with van der Waals surface area (Å²) in [4.78, 5) is 21.0. The Morgan fingerprint density at radius 3 is 2.76 bits per heavy atom. The third-order valence-electron chi connectivity index (χ3n) is 3.12. The fourth-order valence-electron chi connectivity index (χ4n) is 1.98. The van der Waals surface area contributed by atoms with Crippen LogP contribution in [0, 0.1) is 6.92 Å². The zero-order chi connectivity index (χ0) is 15.2. The summed E-state index contributed by atoms with van der Waals surface area (Å²) >= 11 is 0. The highest BCUT2D eigenvalue weighted by Crippen LogP contribution is 2.15. The highest BCUT2D eigenvalue weighted by molar-refractivity contribution is 6.05. The Morgan fingerprint density at radius 1 is 1.29 bits per heavy atom. The molecule has 5 nitrogen and oxygen atoms in total. The van der Waals surface area contributed by atoms with Crippen LogP contribution in [0.15, 0.2) is 30.5 Å². The van der Waals surface area contributed by atoms with Crippen LogP contribution in [0.1, 0.15) is 35.6 Å². The van der Waals surface area contributed by atoms with Gasteiger partial charge in [0.05, 0.1) is 11.4 Å². The second-order valence-corrected chi connectivity index (χ2v) is 4.71. The van der Waals surface area contributed by atoms with Crippen LogP contribution in [0.3, 0.4) is 0 Å². The number of nitrogens with one attached hydrogen (secondary N) is 2. The molecule has 1 amide bonds. The minimum atomic E-state index is -0.151. The highest BCUT2D eigenvalue weighted by Gasteiger charge is 2.11. The van der Waals surface area contributed by atoms with Gasteiger partial charge in [0.25, 0.3) is 5.91 Å². The van der Waals surface area contributed by atoms with Gasteiger partial charge in [-0.15, -0.1) is 0 Å². The minimum Gasteiger partial charge on any atom is -0.370 e. The van der Waals surface area contributed by atoms with Crippen LogP contribution in [0.2, 0.25) is 0 Å². The van der Waals surface area contributed by atoms with Gasteiger partial charge in [0.2, 0.25) is 0 Å². The van der Waals surface area contributed by atoms with E-state index >= 15 is 0 Å². The quantitative estimate of drug-likeness (QED) is 0.885. The largest absolute Gasteiger partial charge is 0.370 e. The average Bonchev–Trinajstić information content (AvgIpc) is 2.49. The molecule has 0 aliphatic carbocycles. The lowest BCUT2D eigenvalue weighted by Crippen LogP contribution is -2.15. The van der Waals surface area contributed by atoms with Crippen LogP contribution in [-0.2, 0) is 6.42 Å². The molecule has 2 aromatic rings. The molecule has 0 aliphatic heterocycles. The second-order valence-electron chi connectivity index (χ2n) is 4.71. The molecular formula is C16H20N4O. The molecule has 0 saturated heterocycles. The Morgan fingerprint density at radius 2 is 2.10 bits per heavy atom. The van der Waals surface area contributed by atoms with E-state index in [-0.39, 0.29) is 5.91 Å². The summed E-state index contributed by atoms with van der Waals surface area (Å²) in [5.74, 6) is 0.576. The maximum absolute atomic E-state index is 12.4. The summed E-state index contributed by atoms with van der Waals surface area (Å²) in [5.41, 5.74) is 3.01. The van der Waals surface area contributed by atoms with Crippen molar-refractivity contribution in [3.63, 3.8) is 0 Å². The number of carbonyl (C=O) groups excluding carboxylic acids is 1. The molecule has 2 aromatic heterocycles. The molecule has 0 aromatic carbocycles. The number of pyridine rings is 2. The van der Waals surface area contributed by atoms with E-state index in [1.54, 1.807) is 18.3 Å². The van der Waals surface area contributed by atoms with E-state index < -0.39 is 0 Å². The van der Waals surface area contributed by atoms with Crippen LogP contribution in [-0.4, -0.2) is 22.4 Å². The third-order valence-corrected chi connectivity index (χ3v) is 3.12. The third kappa shape index (κ3) is 3.78. The van der Waals surface area contributed by atoms with Gasteiger partial charge in [-0.05, 0) is 44.5 Å². The Hall–Kier alpha value is -2.43. The molecule has 2 heterocycles. The van der Waals surface area contributed by atoms with Crippen molar-refractivity contribution in [1.82, 2.24) is 9.97 Å². The first-order chi connectivity index (χ1) is 10.1. The topological polar surface area (TPSA) is 66.9 Å². The summed E-state index contributed by atoms with van der Waals surface area (Å²) in [5, 5.41) is 6.04. The normalized spacial score (nSPS) is 10.2. The summed E-state index contributed by atoms with van der Waals surface area (Å²) < 4.78 is 0. The fourth-order valence-corrected chi connectivity index (χ4v) is 1.98. The predicted octanol–water partition coefficient (Wildman–Crippen LogP) is 3.03. The van der Waals surface area contributed by atoms with Crippen LogP contribution >= 0.6 is 0 Å².